The van der Waals surface area contributed by atoms with Crippen molar-refractivity contribution < 1.29 is 19.1 Å². The molecule has 0 saturated carbocycles. The molecule has 0 amide bonds. The number of unbranched alkanes of at least 4 members (excludes halogenated alkanes) is 1. The number of carboxylic acids is 1. The monoisotopic (exact) mass is 493 g/mol. The number of allylic oxidation sites excluding steroid dienone is 1. The Morgan fingerprint density at radius 2 is 2.03 bits per heavy atom. The molecular formula is C24H36FN5O3S. The van der Waals surface area contributed by atoms with E-state index in [1.165, 1.54) is 11.8 Å². The van der Waals surface area contributed by atoms with Crippen LogP contribution in [-0.2, 0) is 4.79 Å². The molecule has 0 aliphatic carbocycles. The number of carboxylic acid groups (broad SMARTS) is 1. The van der Waals surface area contributed by atoms with Crippen molar-refractivity contribution in [2.24, 2.45) is 17.5 Å². The Bertz CT molecular complexity index is 1000. The first-order valence-electron chi connectivity index (χ1n) is 11.8. The van der Waals surface area contributed by atoms with Crippen molar-refractivity contribution in [3.8, 4) is 0 Å². The van der Waals surface area contributed by atoms with Crippen LogP contribution in [0.2, 0.25) is 0 Å². The van der Waals surface area contributed by atoms with Crippen molar-refractivity contribution in [1.82, 2.24) is 0 Å². The smallest absolute Gasteiger partial charge is 0.340 e. The maximum atomic E-state index is 16.1. The zero-order chi connectivity index (χ0) is 25.2. The van der Waals surface area contributed by atoms with Crippen LogP contribution in [0.15, 0.2) is 10.5 Å². The van der Waals surface area contributed by atoms with Crippen molar-refractivity contribution in [3.05, 3.63) is 27.4 Å². The van der Waals surface area contributed by atoms with Gasteiger partial charge in [-0.15, -0.1) is 11.8 Å². The number of benzene rings is 1. The average molecular weight is 494 g/mol. The number of nitrogen functional groups attached to an aromatic ring is 1. The molecule has 2 bridgehead atoms. The van der Waals surface area contributed by atoms with Gasteiger partial charge < -0.3 is 26.1 Å². The molecule has 10 heteroatoms. The van der Waals surface area contributed by atoms with Crippen molar-refractivity contribution >= 4 is 40.6 Å². The van der Waals surface area contributed by atoms with E-state index < -0.39 is 17.6 Å². The molecule has 2 heterocycles. The van der Waals surface area contributed by atoms with Crippen LogP contribution in [0, 0.1) is 18.7 Å². The molecule has 6 N–H and O–H groups in total. The summed E-state index contributed by atoms with van der Waals surface area (Å²) < 4.78 is 16.1. The summed E-state index contributed by atoms with van der Waals surface area (Å²) in [6.07, 6.45) is 2.84. The van der Waals surface area contributed by atoms with E-state index in [1.807, 2.05) is 23.8 Å². The van der Waals surface area contributed by atoms with Gasteiger partial charge in [-0.05, 0) is 37.7 Å². The van der Waals surface area contributed by atoms with Crippen LogP contribution in [0.1, 0.15) is 55.5 Å². The molecule has 1 aromatic carbocycles. The highest BCUT2D eigenvalue weighted by Crippen LogP contribution is 2.45. The summed E-state index contributed by atoms with van der Waals surface area (Å²) in [5, 5.41) is 10.1. The number of aliphatic carboxylic acids is 1. The van der Waals surface area contributed by atoms with Crippen LogP contribution in [0.3, 0.4) is 0 Å². The fourth-order valence-corrected chi connectivity index (χ4v) is 6.11. The lowest BCUT2D eigenvalue weighted by molar-refractivity contribution is -0.132. The highest BCUT2D eigenvalue weighted by molar-refractivity contribution is 8.03. The zero-order valence-corrected chi connectivity index (χ0v) is 21.2. The molecule has 0 spiro atoms. The first-order valence-corrected chi connectivity index (χ1v) is 12.8. The van der Waals surface area contributed by atoms with E-state index in [2.05, 4.69) is 12.3 Å². The van der Waals surface area contributed by atoms with Crippen molar-refractivity contribution in [1.29, 1.82) is 0 Å². The SMILES string of the molecule is CCCC/C1=C(/C(=O)O)C(=O)c2c(C)c(c(N3CCC(N)C3)c(F)c2NN)N(C)CC(C)CS1. The Kier molecular flexibility index (Phi) is 8.48. The van der Waals surface area contributed by atoms with Crippen LogP contribution in [0.4, 0.5) is 21.5 Å². The van der Waals surface area contributed by atoms with Crippen LogP contribution < -0.4 is 26.8 Å². The molecule has 2 aliphatic heterocycles. The van der Waals surface area contributed by atoms with Crippen molar-refractivity contribution in [2.75, 3.05) is 47.7 Å². The number of nitrogens with zero attached hydrogens (tertiary/aromatic N) is 2. The number of carbonyl (C=O) groups excluding carboxylic acids is 1. The number of rotatable bonds is 6. The molecule has 2 aliphatic rings. The number of fused-ring (bicyclic) bond motifs is 2. The number of hydrazine groups is 1. The molecule has 34 heavy (non-hydrogen) atoms. The van der Waals surface area contributed by atoms with Crippen LogP contribution in [0.25, 0.3) is 0 Å². The molecule has 1 saturated heterocycles. The van der Waals surface area contributed by atoms with Gasteiger partial charge in [0.25, 0.3) is 0 Å². The average Bonchev–Trinajstić information content (AvgIpc) is 3.20. The number of thioether (sulfide) groups is 1. The summed E-state index contributed by atoms with van der Waals surface area (Å²) in [5.74, 6) is 3.88. The Labute approximate surface area is 204 Å². The summed E-state index contributed by atoms with van der Waals surface area (Å²) >= 11 is 1.42. The lowest BCUT2D eigenvalue weighted by Crippen LogP contribution is -2.33. The van der Waals surface area contributed by atoms with E-state index >= 15 is 4.39 Å². The molecule has 1 fully saturated rings. The first-order chi connectivity index (χ1) is 16.1. The van der Waals surface area contributed by atoms with Crippen molar-refractivity contribution in [3.63, 3.8) is 0 Å². The largest absolute Gasteiger partial charge is 0.478 e. The lowest BCUT2D eigenvalue weighted by atomic mass is 9.92. The van der Waals surface area contributed by atoms with Crippen molar-refractivity contribution in [2.45, 2.75) is 52.5 Å². The minimum atomic E-state index is -1.30. The summed E-state index contributed by atoms with van der Waals surface area (Å²) in [5.41, 5.74) is 9.41. The second kappa shape index (κ2) is 11.0. The number of nitrogens with two attached hydrogens (primary N) is 2. The Morgan fingerprint density at radius 3 is 2.59 bits per heavy atom. The summed E-state index contributed by atoms with van der Waals surface area (Å²) in [4.78, 5) is 30.6. The fraction of sp³-hybridized carbons (Fsp3) is 0.583. The molecular weight excluding hydrogens is 457 g/mol. The fourth-order valence-electron chi connectivity index (χ4n) is 4.91. The van der Waals surface area contributed by atoms with Gasteiger partial charge in [0.05, 0.1) is 22.6 Å². The minimum absolute atomic E-state index is 0.0318. The maximum absolute atomic E-state index is 16.1. The first kappa shape index (κ1) is 26.3. The van der Waals surface area contributed by atoms with E-state index in [0.29, 0.717) is 53.7 Å². The van der Waals surface area contributed by atoms with Crippen LogP contribution >= 0.6 is 11.8 Å². The third-order valence-corrected chi connectivity index (χ3v) is 8.02. The molecule has 8 nitrogen and oxygen atoms in total. The number of halogens is 1. The highest BCUT2D eigenvalue weighted by atomic mass is 32.2. The minimum Gasteiger partial charge on any atom is -0.478 e. The number of Topliss-reactive ketones (excluding diaryl/α,β-unsaturated/α-hetero) is 1. The van der Waals surface area contributed by atoms with Crippen LogP contribution in [-0.4, -0.2) is 55.3 Å². The number of hydrogen-bond acceptors (Lipinski definition) is 8. The summed E-state index contributed by atoms with van der Waals surface area (Å²) in [6, 6.07) is -0.0754. The number of nitrogens with one attached hydrogen (secondary N) is 1. The lowest BCUT2D eigenvalue weighted by Gasteiger charge is -2.33. The Hall–Kier alpha value is -2.30. The molecule has 3 rings (SSSR count). The molecule has 1 aromatic rings. The van der Waals surface area contributed by atoms with Gasteiger partial charge in [0.15, 0.2) is 5.82 Å². The van der Waals surface area contributed by atoms with E-state index in [1.54, 1.807) is 6.92 Å². The molecule has 2 unspecified atom stereocenters. The van der Waals surface area contributed by atoms with Gasteiger partial charge in [-0.1, -0.05) is 20.3 Å². The molecule has 188 valence electrons. The molecule has 0 radical (unpaired) electrons. The predicted molar refractivity (Wildman–Crippen MR) is 137 cm³/mol. The second-order valence-electron chi connectivity index (χ2n) is 9.36. The van der Waals surface area contributed by atoms with E-state index in [0.717, 1.165) is 19.3 Å². The highest BCUT2D eigenvalue weighted by Gasteiger charge is 2.36. The normalized spacial score (nSPS) is 23.8. The van der Waals surface area contributed by atoms with Gasteiger partial charge in [-0.3, -0.25) is 10.6 Å². The third-order valence-electron chi connectivity index (χ3n) is 6.53. The number of anilines is 3. The quantitative estimate of drug-likeness (QED) is 0.268. The van der Waals surface area contributed by atoms with E-state index in [-0.39, 0.29) is 28.8 Å². The number of hydrogen-bond donors (Lipinski definition) is 4. The van der Waals surface area contributed by atoms with E-state index in [9.17, 15) is 14.7 Å². The molecule has 0 aromatic heterocycles. The number of ketones is 1. The second-order valence-corrected chi connectivity index (χ2v) is 10.5. The van der Waals surface area contributed by atoms with Gasteiger partial charge in [0.2, 0.25) is 5.78 Å². The zero-order valence-electron chi connectivity index (χ0n) is 20.4. The van der Waals surface area contributed by atoms with Crippen LogP contribution in [0.5, 0.6) is 0 Å². The predicted octanol–water partition coefficient (Wildman–Crippen LogP) is 3.49. The Balaban J connectivity index is 2.35. The van der Waals surface area contributed by atoms with Gasteiger partial charge >= 0.3 is 5.97 Å². The topological polar surface area (TPSA) is 125 Å². The number of carbonyl (C=O) groups is 2. The summed E-state index contributed by atoms with van der Waals surface area (Å²) in [6.45, 7) is 7.52. The Morgan fingerprint density at radius 1 is 1.32 bits per heavy atom. The van der Waals surface area contributed by atoms with Gasteiger partial charge in [0.1, 0.15) is 5.57 Å². The van der Waals surface area contributed by atoms with Gasteiger partial charge in [-0.2, -0.15) is 0 Å². The third kappa shape index (κ3) is 5.04. The van der Waals surface area contributed by atoms with E-state index in [4.69, 9.17) is 11.6 Å². The standard InChI is InChI=1S/C24H36FN5O3S/c1-5-6-7-16-18(24(32)33)23(31)17-14(3)21(29(4)10-13(2)12-34-16)22(19(25)20(17)28-27)30-9-8-15(26)11-30/h13,15,28H,5-12,26-27H2,1-4H3,(H,32,33)/b18-16-. The van der Waals surface area contributed by atoms with Gasteiger partial charge in [0, 0.05) is 43.4 Å². The summed E-state index contributed by atoms with van der Waals surface area (Å²) in [7, 11) is 1.88. The maximum Gasteiger partial charge on any atom is 0.340 e. The van der Waals surface area contributed by atoms with Gasteiger partial charge in [-0.25, -0.2) is 9.18 Å². The molecule has 2 atom stereocenters.